The van der Waals surface area contributed by atoms with E-state index in [4.69, 9.17) is 16.3 Å². The molecule has 2 heterocycles. The Morgan fingerprint density at radius 1 is 0.900 bits per heavy atom. The largest absolute Gasteiger partial charge is 0.425 e. The standard InChI is InChI=1S/C24H16ClNO4/c25-16-11-12-20-18(13-16)24(23(29)30-20,15-7-3-1-4-8-15)19-14-21(27)26(22(19)28)17-9-5-2-6-10-17/h1-13,19H,14H2/t19-,24+/m1/s1. The molecular weight excluding hydrogens is 402 g/mol. The van der Waals surface area contributed by atoms with E-state index in [9.17, 15) is 14.4 Å². The van der Waals surface area contributed by atoms with Crippen molar-refractivity contribution in [3.63, 3.8) is 0 Å². The molecule has 0 spiro atoms. The van der Waals surface area contributed by atoms with Gasteiger partial charge >= 0.3 is 5.97 Å². The van der Waals surface area contributed by atoms with E-state index >= 15 is 0 Å². The lowest BCUT2D eigenvalue weighted by molar-refractivity contribution is -0.141. The van der Waals surface area contributed by atoms with Gasteiger partial charge in [-0.15, -0.1) is 0 Å². The minimum absolute atomic E-state index is 0.107. The Morgan fingerprint density at radius 3 is 2.27 bits per heavy atom. The lowest BCUT2D eigenvalue weighted by Gasteiger charge is -2.31. The predicted molar refractivity (Wildman–Crippen MR) is 111 cm³/mol. The zero-order valence-electron chi connectivity index (χ0n) is 15.7. The normalized spacial score (nSPS) is 22.9. The van der Waals surface area contributed by atoms with Gasteiger partial charge in [-0.3, -0.25) is 19.3 Å². The number of hydrogen-bond donors (Lipinski definition) is 0. The van der Waals surface area contributed by atoms with Crippen LogP contribution in [0.15, 0.2) is 78.9 Å². The molecular formula is C24H16ClNO4. The molecule has 6 heteroatoms. The molecule has 2 atom stereocenters. The monoisotopic (exact) mass is 417 g/mol. The zero-order chi connectivity index (χ0) is 20.9. The van der Waals surface area contributed by atoms with Crippen LogP contribution in [0.5, 0.6) is 5.75 Å². The number of anilines is 1. The number of ether oxygens (including phenoxy) is 1. The average Bonchev–Trinajstić information content (AvgIpc) is 3.22. The van der Waals surface area contributed by atoms with Gasteiger partial charge in [-0.1, -0.05) is 60.1 Å². The van der Waals surface area contributed by atoms with Crippen molar-refractivity contribution in [2.24, 2.45) is 5.92 Å². The highest BCUT2D eigenvalue weighted by atomic mass is 35.5. The van der Waals surface area contributed by atoms with Crippen LogP contribution in [0.25, 0.3) is 0 Å². The number of benzene rings is 3. The van der Waals surface area contributed by atoms with Crippen molar-refractivity contribution in [1.29, 1.82) is 0 Å². The number of esters is 1. The van der Waals surface area contributed by atoms with Gasteiger partial charge in [0.05, 0.1) is 11.6 Å². The number of hydrogen-bond acceptors (Lipinski definition) is 4. The summed E-state index contributed by atoms with van der Waals surface area (Å²) >= 11 is 6.25. The minimum atomic E-state index is -1.45. The van der Waals surface area contributed by atoms with Gasteiger partial charge in [0, 0.05) is 17.0 Å². The summed E-state index contributed by atoms with van der Waals surface area (Å²) in [7, 11) is 0. The molecule has 2 aliphatic heterocycles. The maximum absolute atomic E-state index is 13.6. The van der Waals surface area contributed by atoms with E-state index in [1.807, 2.05) is 12.1 Å². The van der Waals surface area contributed by atoms with E-state index in [1.165, 1.54) is 0 Å². The van der Waals surface area contributed by atoms with Crippen LogP contribution in [0.4, 0.5) is 5.69 Å². The van der Waals surface area contributed by atoms with Crippen LogP contribution in [0.1, 0.15) is 17.5 Å². The molecule has 0 aromatic heterocycles. The van der Waals surface area contributed by atoms with Gasteiger partial charge in [0.15, 0.2) is 0 Å². The van der Waals surface area contributed by atoms with Crippen molar-refractivity contribution in [3.05, 3.63) is 95.0 Å². The molecule has 2 aliphatic rings. The summed E-state index contributed by atoms with van der Waals surface area (Å²) in [6, 6.07) is 22.6. The summed E-state index contributed by atoms with van der Waals surface area (Å²) in [5.74, 6) is -1.95. The molecule has 5 rings (SSSR count). The highest BCUT2D eigenvalue weighted by molar-refractivity contribution is 6.31. The van der Waals surface area contributed by atoms with E-state index in [1.54, 1.807) is 66.7 Å². The van der Waals surface area contributed by atoms with Gasteiger partial charge in [-0.2, -0.15) is 0 Å². The molecule has 0 N–H and O–H groups in total. The van der Waals surface area contributed by atoms with Crippen molar-refractivity contribution in [2.45, 2.75) is 11.8 Å². The molecule has 0 aliphatic carbocycles. The number of imide groups is 1. The van der Waals surface area contributed by atoms with Gasteiger partial charge in [0.2, 0.25) is 11.8 Å². The fourth-order valence-corrected chi connectivity index (χ4v) is 4.69. The summed E-state index contributed by atoms with van der Waals surface area (Å²) in [4.78, 5) is 41.1. The first-order valence-electron chi connectivity index (χ1n) is 9.53. The maximum Gasteiger partial charge on any atom is 0.327 e. The Morgan fingerprint density at radius 2 is 1.57 bits per heavy atom. The number of carbonyl (C=O) groups is 3. The van der Waals surface area contributed by atoms with Gasteiger partial charge in [-0.25, -0.2) is 0 Å². The van der Waals surface area contributed by atoms with Gasteiger partial charge in [0.25, 0.3) is 0 Å². The molecule has 5 nitrogen and oxygen atoms in total. The topological polar surface area (TPSA) is 63.7 Å². The quantitative estimate of drug-likeness (QED) is 0.365. The SMILES string of the molecule is O=C1C[C@@H]([C@@]2(c3ccccc3)C(=O)Oc3ccc(Cl)cc32)C(=O)N1c1ccccc1. The first kappa shape index (κ1) is 18.6. The Balaban J connectivity index is 1.73. The van der Waals surface area contributed by atoms with Crippen molar-refractivity contribution >= 4 is 35.1 Å². The van der Waals surface area contributed by atoms with E-state index in [0.717, 1.165) is 4.90 Å². The summed E-state index contributed by atoms with van der Waals surface area (Å²) < 4.78 is 5.59. The number of carbonyl (C=O) groups excluding carboxylic acids is 3. The third kappa shape index (κ3) is 2.52. The van der Waals surface area contributed by atoms with Crippen LogP contribution >= 0.6 is 11.6 Å². The summed E-state index contributed by atoms with van der Waals surface area (Å²) in [5, 5.41) is 0.420. The molecule has 0 saturated carbocycles. The molecule has 30 heavy (non-hydrogen) atoms. The van der Waals surface area contributed by atoms with Crippen molar-refractivity contribution in [1.82, 2.24) is 0 Å². The number of rotatable bonds is 3. The Kier molecular flexibility index (Phi) is 4.22. The molecule has 3 aromatic carbocycles. The van der Waals surface area contributed by atoms with Crippen LogP contribution in [0.2, 0.25) is 5.02 Å². The van der Waals surface area contributed by atoms with Crippen LogP contribution in [-0.4, -0.2) is 17.8 Å². The highest BCUT2D eigenvalue weighted by Gasteiger charge is 2.62. The second-order valence-electron chi connectivity index (χ2n) is 7.36. The Labute approximate surface area is 177 Å². The highest BCUT2D eigenvalue weighted by Crippen LogP contribution is 2.53. The van der Waals surface area contributed by atoms with Crippen molar-refractivity contribution in [3.8, 4) is 5.75 Å². The molecule has 148 valence electrons. The van der Waals surface area contributed by atoms with Crippen LogP contribution in [-0.2, 0) is 19.8 Å². The predicted octanol–water partition coefficient (Wildman–Crippen LogP) is 4.12. The van der Waals surface area contributed by atoms with E-state index in [-0.39, 0.29) is 12.3 Å². The van der Waals surface area contributed by atoms with Crippen LogP contribution in [0, 0.1) is 5.92 Å². The van der Waals surface area contributed by atoms with Crippen molar-refractivity contribution < 1.29 is 19.1 Å². The van der Waals surface area contributed by atoms with Gasteiger partial charge in [-0.05, 0) is 35.9 Å². The van der Waals surface area contributed by atoms with Crippen LogP contribution in [0.3, 0.4) is 0 Å². The van der Waals surface area contributed by atoms with Gasteiger partial charge < -0.3 is 4.74 Å². The number of halogens is 1. The summed E-state index contributed by atoms with van der Waals surface area (Å²) in [6.07, 6.45) is -0.107. The van der Waals surface area contributed by atoms with Gasteiger partial charge in [0.1, 0.15) is 11.2 Å². The number of amides is 2. The maximum atomic E-state index is 13.6. The lowest BCUT2D eigenvalue weighted by atomic mass is 9.66. The van der Waals surface area contributed by atoms with Crippen LogP contribution < -0.4 is 9.64 Å². The Hall–Kier alpha value is -3.44. The lowest BCUT2D eigenvalue weighted by Crippen LogP contribution is -2.46. The smallest absolute Gasteiger partial charge is 0.327 e. The summed E-state index contributed by atoms with van der Waals surface area (Å²) in [5.41, 5.74) is 0.137. The molecule has 0 unspecified atom stereocenters. The molecule has 2 amide bonds. The van der Waals surface area contributed by atoms with E-state index in [2.05, 4.69) is 0 Å². The average molecular weight is 418 g/mol. The number of nitrogens with zero attached hydrogens (tertiary/aromatic N) is 1. The minimum Gasteiger partial charge on any atom is -0.425 e. The second-order valence-corrected chi connectivity index (χ2v) is 7.80. The molecule has 0 bridgehead atoms. The first-order valence-corrected chi connectivity index (χ1v) is 9.91. The van der Waals surface area contributed by atoms with E-state index < -0.39 is 23.2 Å². The molecule has 0 radical (unpaired) electrons. The zero-order valence-corrected chi connectivity index (χ0v) is 16.5. The van der Waals surface area contributed by atoms with E-state index in [0.29, 0.717) is 27.6 Å². The number of para-hydroxylation sites is 1. The first-order chi connectivity index (χ1) is 14.5. The fourth-order valence-electron chi connectivity index (χ4n) is 4.51. The number of fused-ring (bicyclic) bond motifs is 1. The third-order valence-electron chi connectivity index (χ3n) is 5.80. The summed E-state index contributed by atoms with van der Waals surface area (Å²) in [6.45, 7) is 0. The van der Waals surface area contributed by atoms with Crippen molar-refractivity contribution in [2.75, 3.05) is 4.90 Å². The third-order valence-corrected chi connectivity index (χ3v) is 6.04. The fraction of sp³-hybridized carbons (Fsp3) is 0.125. The molecule has 1 fully saturated rings. The molecule has 3 aromatic rings. The Bertz CT molecular complexity index is 1180. The second kappa shape index (κ2) is 6.82. The molecule has 1 saturated heterocycles.